The lowest BCUT2D eigenvalue weighted by atomic mass is 9.84. The normalized spacial score (nSPS) is 12.0. The van der Waals surface area contributed by atoms with E-state index in [1.54, 1.807) is 0 Å². The molecule has 87 heavy (non-hydrogen) atoms. The lowest BCUT2D eigenvalue weighted by Gasteiger charge is -2.30. The molecule has 0 saturated carbocycles. The van der Waals surface area contributed by atoms with Crippen molar-refractivity contribution in [3.8, 4) is 44.5 Å². The summed E-state index contributed by atoms with van der Waals surface area (Å²) >= 11 is 0. The van der Waals surface area contributed by atoms with Crippen molar-refractivity contribution in [3.05, 3.63) is 302 Å². The van der Waals surface area contributed by atoms with Crippen LogP contribution in [0.5, 0.6) is 0 Å². The summed E-state index contributed by atoms with van der Waals surface area (Å²) in [5.74, 6) is 0. The first kappa shape index (κ1) is 53.3. The highest BCUT2D eigenvalue weighted by atomic mass is 16.3. The minimum atomic E-state index is -0.0478. The van der Waals surface area contributed by atoms with Crippen LogP contribution in [-0.2, 0) is 10.8 Å². The molecule has 0 spiro atoms. The molecule has 0 fully saturated rings. The Morgan fingerprint density at radius 2 is 0.621 bits per heavy atom. The lowest BCUT2D eigenvalue weighted by Crippen LogP contribution is -2.14. The molecule has 15 aromatic rings. The van der Waals surface area contributed by atoms with Gasteiger partial charge < -0.3 is 14.2 Å². The number of hydrogen-bond donors (Lipinski definition) is 0. The number of rotatable bonds is 10. The van der Waals surface area contributed by atoms with Crippen LogP contribution in [0.4, 0.5) is 34.1 Å². The zero-order valence-corrected chi connectivity index (χ0v) is 50.0. The average Bonchev–Trinajstić information content (AvgIpc) is 1.86. The fraction of sp³-hybridized carbons (Fsp3) is 0.0952. The molecule has 3 heteroatoms. The molecule has 15 rings (SSSR count). The zero-order chi connectivity index (χ0) is 59.0. The van der Waals surface area contributed by atoms with Gasteiger partial charge >= 0.3 is 0 Å². The van der Waals surface area contributed by atoms with E-state index >= 15 is 0 Å². The van der Waals surface area contributed by atoms with Crippen LogP contribution in [0.2, 0.25) is 0 Å². The molecule has 0 aliphatic carbocycles. The molecule has 0 radical (unpaired) electrons. The van der Waals surface area contributed by atoms with E-state index in [9.17, 15) is 0 Å². The van der Waals surface area contributed by atoms with Crippen molar-refractivity contribution in [2.75, 3.05) is 9.80 Å². The Balaban J connectivity index is 0.876. The number of furan rings is 1. The SMILES string of the molecule is CC(C)(C)c1ccc(N(c2cccc(-c3cccc4ccccc34)c2)c2ccc3cc4c(cc3c2)oc2cc3cc(N(c5cccc(-c6cccc7ccccc67)c5)c5ccc(C(C)(C)C)cc5-c5ccccc5)ccc3cc24)c(-c2ccccc2)c1. The van der Waals surface area contributed by atoms with Crippen LogP contribution in [0, 0.1) is 0 Å². The Labute approximate surface area is 509 Å². The molecule has 0 bridgehead atoms. The van der Waals surface area contributed by atoms with Crippen LogP contribution >= 0.6 is 0 Å². The van der Waals surface area contributed by atoms with Crippen LogP contribution < -0.4 is 9.80 Å². The summed E-state index contributed by atoms with van der Waals surface area (Å²) in [7, 11) is 0. The third kappa shape index (κ3) is 9.86. The van der Waals surface area contributed by atoms with Gasteiger partial charge in [0.05, 0.1) is 11.4 Å². The van der Waals surface area contributed by atoms with Crippen molar-refractivity contribution in [3.63, 3.8) is 0 Å². The molecule has 0 aliphatic rings. The van der Waals surface area contributed by atoms with Crippen molar-refractivity contribution in [2.24, 2.45) is 0 Å². The highest BCUT2D eigenvalue weighted by molar-refractivity contribution is 6.14. The topological polar surface area (TPSA) is 19.6 Å². The molecule has 418 valence electrons. The van der Waals surface area contributed by atoms with Gasteiger partial charge in [-0.1, -0.05) is 236 Å². The summed E-state index contributed by atoms with van der Waals surface area (Å²) < 4.78 is 7.02. The van der Waals surface area contributed by atoms with Gasteiger partial charge in [-0.25, -0.2) is 0 Å². The van der Waals surface area contributed by atoms with Gasteiger partial charge in [-0.05, 0) is 195 Å². The van der Waals surface area contributed by atoms with Crippen molar-refractivity contribution in [1.82, 2.24) is 0 Å². The van der Waals surface area contributed by atoms with Crippen LogP contribution in [0.3, 0.4) is 0 Å². The first-order valence-corrected chi connectivity index (χ1v) is 30.4. The van der Waals surface area contributed by atoms with Gasteiger partial charge in [-0.3, -0.25) is 0 Å². The second-order valence-electron chi connectivity index (χ2n) is 25.4. The first-order valence-electron chi connectivity index (χ1n) is 30.4. The van der Waals surface area contributed by atoms with Crippen molar-refractivity contribution >= 4 is 99.2 Å². The number of fused-ring (bicyclic) bond motifs is 7. The molecule has 0 N–H and O–H groups in total. The molecule has 0 atom stereocenters. The molecular weight excluding hydrogens is 1050 g/mol. The second-order valence-corrected chi connectivity index (χ2v) is 25.4. The van der Waals surface area contributed by atoms with Crippen LogP contribution in [0.1, 0.15) is 52.7 Å². The van der Waals surface area contributed by atoms with E-state index in [1.807, 2.05) is 0 Å². The third-order valence-electron chi connectivity index (χ3n) is 17.7. The largest absolute Gasteiger partial charge is 0.456 e. The monoisotopic (exact) mass is 1120 g/mol. The third-order valence-corrected chi connectivity index (χ3v) is 17.7. The molecule has 0 amide bonds. The molecule has 0 saturated heterocycles. The fourth-order valence-electron chi connectivity index (χ4n) is 13.0. The first-order chi connectivity index (χ1) is 42.4. The van der Waals surface area contributed by atoms with Crippen molar-refractivity contribution in [2.45, 2.75) is 52.4 Å². The van der Waals surface area contributed by atoms with Crippen LogP contribution in [0.25, 0.3) is 110 Å². The molecule has 1 aromatic heterocycles. The fourth-order valence-corrected chi connectivity index (χ4v) is 13.0. The van der Waals surface area contributed by atoms with Gasteiger partial charge in [0.2, 0.25) is 0 Å². The predicted octanol–water partition coefficient (Wildman–Crippen LogP) is 24.4. The van der Waals surface area contributed by atoms with E-state index in [2.05, 4.69) is 343 Å². The maximum absolute atomic E-state index is 7.02. The van der Waals surface area contributed by atoms with Crippen molar-refractivity contribution in [1.29, 1.82) is 0 Å². The Hall–Kier alpha value is -10.5. The van der Waals surface area contributed by atoms with E-state index in [4.69, 9.17) is 4.42 Å². The van der Waals surface area contributed by atoms with Gasteiger partial charge in [-0.15, -0.1) is 0 Å². The predicted molar refractivity (Wildman–Crippen MR) is 372 cm³/mol. The van der Waals surface area contributed by atoms with Crippen molar-refractivity contribution < 1.29 is 4.42 Å². The summed E-state index contributed by atoms with van der Waals surface area (Å²) in [6.07, 6.45) is 0. The van der Waals surface area contributed by atoms with Gasteiger partial charge in [0.1, 0.15) is 11.2 Å². The Kier molecular flexibility index (Phi) is 13.0. The molecule has 3 nitrogen and oxygen atoms in total. The Morgan fingerprint density at radius 1 is 0.241 bits per heavy atom. The Morgan fingerprint density at radius 3 is 1.06 bits per heavy atom. The molecule has 1 heterocycles. The quantitative estimate of drug-likeness (QED) is 0.136. The highest BCUT2D eigenvalue weighted by Gasteiger charge is 2.25. The Bertz CT molecular complexity index is 4800. The smallest absolute Gasteiger partial charge is 0.136 e. The van der Waals surface area contributed by atoms with Gasteiger partial charge in [0.25, 0.3) is 0 Å². The van der Waals surface area contributed by atoms with E-state index in [1.165, 1.54) is 66.1 Å². The number of nitrogens with zero attached hydrogens (tertiary/aromatic N) is 2. The van der Waals surface area contributed by atoms with Crippen LogP contribution in [0.15, 0.2) is 296 Å². The average molecular weight is 1120 g/mol. The standard InChI is InChI=1S/C84H66N2O/c1-83(2,3)65-39-43-79(75(53-65)57-21-9-7-10-22-57)85(67-31-17-29-61(45-67)73-35-19-27-55-25-13-15-33-71(55)73)69-41-37-59-49-77-78-50-60-38-42-70(48-64(60)52-82(78)87-81(77)51-63(59)47-69)86(80-44-40-66(84(4,5)6)54-76(80)58-23-11-8-12-24-58)68-32-18-30-62(46-68)74-36-20-28-56-26-14-16-34-72(56)74/h7-54H,1-6H3. The molecular formula is C84H66N2O. The van der Waals surface area contributed by atoms with Crippen LogP contribution in [-0.4, -0.2) is 0 Å². The summed E-state index contributed by atoms with van der Waals surface area (Å²) in [6, 6.07) is 107. The van der Waals surface area contributed by atoms with E-state index in [0.717, 1.165) is 88.7 Å². The summed E-state index contributed by atoms with van der Waals surface area (Å²) in [4.78, 5) is 4.89. The van der Waals surface area contributed by atoms with Gasteiger partial charge in [0, 0.05) is 44.6 Å². The van der Waals surface area contributed by atoms with Gasteiger partial charge in [-0.2, -0.15) is 0 Å². The number of benzene rings is 14. The number of anilines is 6. The van der Waals surface area contributed by atoms with E-state index in [0.29, 0.717) is 0 Å². The van der Waals surface area contributed by atoms with E-state index < -0.39 is 0 Å². The highest BCUT2D eigenvalue weighted by Crippen LogP contribution is 2.48. The minimum absolute atomic E-state index is 0.0478. The second kappa shape index (κ2) is 21.2. The maximum atomic E-state index is 7.02. The molecule has 0 unspecified atom stereocenters. The minimum Gasteiger partial charge on any atom is -0.456 e. The number of hydrogen-bond acceptors (Lipinski definition) is 3. The molecule has 0 aliphatic heterocycles. The van der Waals surface area contributed by atoms with E-state index in [-0.39, 0.29) is 10.8 Å². The maximum Gasteiger partial charge on any atom is 0.136 e. The molecule has 14 aromatic carbocycles. The summed E-state index contributed by atoms with van der Waals surface area (Å²) in [5.41, 5.74) is 20.1. The lowest BCUT2D eigenvalue weighted by molar-refractivity contribution is 0.590. The zero-order valence-electron chi connectivity index (χ0n) is 50.0. The summed E-state index contributed by atoms with van der Waals surface area (Å²) in [5, 5.41) is 11.6. The summed E-state index contributed by atoms with van der Waals surface area (Å²) in [6.45, 7) is 13.8. The van der Waals surface area contributed by atoms with Gasteiger partial charge in [0.15, 0.2) is 0 Å².